The van der Waals surface area contributed by atoms with Crippen molar-refractivity contribution >= 4 is 12.4 Å². The minimum absolute atomic E-state index is 0.0593. The molecule has 0 bridgehead atoms. The maximum atomic E-state index is 12.0. The first kappa shape index (κ1) is 18.2. The number of nitriles is 1. The van der Waals surface area contributed by atoms with E-state index < -0.39 is 17.2 Å². The van der Waals surface area contributed by atoms with Gasteiger partial charge in [-0.05, 0) is 63.6 Å². The van der Waals surface area contributed by atoms with Crippen molar-refractivity contribution in [2.75, 3.05) is 6.61 Å². The predicted octanol–water partition coefficient (Wildman–Crippen LogP) is 2.91. The van der Waals surface area contributed by atoms with E-state index in [2.05, 4.69) is 11.4 Å². The van der Waals surface area contributed by atoms with E-state index in [9.17, 15) is 14.9 Å². The Balaban J connectivity index is 1.67. The third-order valence-electron chi connectivity index (χ3n) is 4.75. The van der Waals surface area contributed by atoms with Crippen LogP contribution in [0, 0.1) is 17.2 Å². The second kappa shape index (κ2) is 6.64. The molecule has 1 saturated carbocycles. The number of rotatable bonds is 5. The zero-order chi connectivity index (χ0) is 18.9. The number of carbonyl (C=O) groups is 2. The van der Waals surface area contributed by atoms with Gasteiger partial charge < -0.3 is 19.6 Å². The second-order valence-corrected chi connectivity index (χ2v) is 8.19. The summed E-state index contributed by atoms with van der Waals surface area (Å²) in [6.07, 6.45) is 3.38. The topological polar surface area (TPSA) is 88.4 Å². The van der Waals surface area contributed by atoms with Crippen molar-refractivity contribution < 1.29 is 19.1 Å². The van der Waals surface area contributed by atoms with Crippen LogP contribution in [0.2, 0.25) is 0 Å². The summed E-state index contributed by atoms with van der Waals surface area (Å²) in [5.74, 6) is 0.450. The molecule has 138 valence electrons. The van der Waals surface area contributed by atoms with Crippen LogP contribution in [0.1, 0.15) is 50.3 Å². The average Bonchev–Trinajstić information content (AvgIpc) is 3.17. The summed E-state index contributed by atoms with van der Waals surface area (Å²) in [7, 11) is 0. The highest BCUT2D eigenvalue weighted by Crippen LogP contribution is 2.38. The molecule has 1 amide bonds. The minimum atomic E-state index is -0.551. The zero-order valence-electron chi connectivity index (χ0n) is 15.4. The molecule has 6 nitrogen and oxygen atoms in total. The summed E-state index contributed by atoms with van der Waals surface area (Å²) in [5, 5.41) is 12.4. The average molecular weight is 356 g/mol. The van der Waals surface area contributed by atoms with Gasteiger partial charge in [-0.2, -0.15) is 5.26 Å². The molecule has 26 heavy (non-hydrogen) atoms. The Morgan fingerprint density at radius 3 is 2.69 bits per heavy atom. The third-order valence-corrected chi connectivity index (χ3v) is 4.75. The summed E-state index contributed by atoms with van der Waals surface area (Å²) < 4.78 is 11.2. The van der Waals surface area contributed by atoms with Gasteiger partial charge >= 0.3 is 6.09 Å². The fraction of sp³-hybridized carbons (Fsp3) is 0.550. The Kier molecular flexibility index (Phi) is 4.66. The molecule has 2 aliphatic carbocycles. The summed E-state index contributed by atoms with van der Waals surface area (Å²) >= 11 is 0. The molecule has 1 fully saturated rings. The highest BCUT2D eigenvalue weighted by molar-refractivity contribution is 5.69. The van der Waals surface area contributed by atoms with E-state index in [1.165, 1.54) is 0 Å². The molecule has 0 aliphatic heterocycles. The first-order chi connectivity index (χ1) is 12.3. The monoisotopic (exact) mass is 356 g/mol. The Morgan fingerprint density at radius 1 is 1.38 bits per heavy atom. The molecule has 2 aliphatic rings. The van der Waals surface area contributed by atoms with E-state index in [0.717, 1.165) is 30.3 Å². The van der Waals surface area contributed by atoms with Crippen LogP contribution in [-0.2, 0) is 22.4 Å². The Morgan fingerprint density at radius 2 is 2.12 bits per heavy atom. The number of aldehydes is 1. The maximum absolute atomic E-state index is 12.0. The number of nitrogens with zero attached hydrogens (tertiary/aromatic N) is 1. The zero-order valence-corrected chi connectivity index (χ0v) is 15.4. The number of fused-ring (bicyclic) bond motifs is 1. The van der Waals surface area contributed by atoms with Gasteiger partial charge in [-0.15, -0.1) is 0 Å². The van der Waals surface area contributed by atoms with Crippen LogP contribution in [0.5, 0.6) is 5.75 Å². The van der Waals surface area contributed by atoms with Crippen molar-refractivity contribution in [3.05, 3.63) is 28.8 Å². The lowest BCUT2D eigenvalue weighted by atomic mass is 10.0. The molecule has 1 aromatic rings. The van der Waals surface area contributed by atoms with E-state index >= 15 is 0 Å². The van der Waals surface area contributed by atoms with Crippen molar-refractivity contribution in [3.8, 4) is 11.8 Å². The molecule has 0 saturated heterocycles. The fourth-order valence-electron chi connectivity index (χ4n) is 3.24. The molecule has 0 aromatic heterocycles. The van der Waals surface area contributed by atoms with Gasteiger partial charge in [0.2, 0.25) is 0 Å². The standard InChI is InChI=1S/C20H24N2O4/c1-19(2,3)26-18(24)22-20(6-7-20)12-25-17-5-4-14-8-13(11-23)9-15(14)16(17)10-21/h4-5,11,13H,6-9,12H2,1-3H3,(H,22,24). The molecule has 1 N–H and O–H groups in total. The summed E-state index contributed by atoms with van der Waals surface area (Å²) in [6.45, 7) is 5.74. The number of hydrogen-bond acceptors (Lipinski definition) is 5. The van der Waals surface area contributed by atoms with Crippen LogP contribution in [0.15, 0.2) is 12.1 Å². The van der Waals surface area contributed by atoms with Gasteiger partial charge in [-0.25, -0.2) is 4.79 Å². The van der Waals surface area contributed by atoms with Crippen LogP contribution in [0.3, 0.4) is 0 Å². The van der Waals surface area contributed by atoms with E-state index in [4.69, 9.17) is 9.47 Å². The maximum Gasteiger partial charge on any atom is 0.408 e. The summed E-state index contributed by atoms with van der Waals surface area (Å²) in [5.41, 5.74) is 1.47. The number of nitrogens with one attached hydrogen (secondary N) is 1. The first-order valence-corrected chi connectivity index (χ1v) is 8.89. The summed E-state index contributed by atoms with van der Waals surface area (Å²) in [4.78, 5) is 23.1. The lowest BCUT2D eigenvalue weighted by Gasteiger charge is -2.23. The lowest BCUT2D eigenvalue weighted by molar-refractivity contribution is -0.110. The van der Waals surface area contributed by atoms with Crippen molar-refractivity contribution in [2.24, 2.45) is 5.92 Å². The lowest BCUT2D eigenvalue weighted by Crippen LogP contribution is -2.44. The molecule has 1 atom stereocenters. The Bertz CT molecular complexity index is 769. The number of benzene rings is 1. The van der Waals surface area contributed by atoms with E-state index in [-0.39, 0.29) is 12.5 Å². The molecule has 6 heteroatoms. The van der Waals surface area contributed by atoms with E-state index in [1.54, 1.807) is 6.07 Å². The molecule has 3 rings (SSSR count). The van der Waals surface area contributed by atoms with Crippen LogP contribution in [0.25, 0.3) is 0 Å². The van der Waals surface area contributed by atoms with Crippen LogP contribution >= 0.6 is 0 Å². The first-order valence-electron chi connectivity index (χ1n) is 8.89. The number of ether oxygens (including phenoxy) is 2. The van der Waals surface area contributed by atoms with Gasteiger partial charge in [-0.3, -0.25) is 0 Å². The van der Waals surface area contributed by atoms with Crippen molar-refractivity contribution in [1.29, 1.82) is 5.26 Å². The largest absolute Gasteiger partial charge is 0.490 e. The molecule has 0 spiro atoms. The fourth-order valence-corrected chi connectivity index (χ4v) is 3.24. The van der Waals surface area contributed by atoms with Crippen LogP contribution in [0.4, 0.5) is 4.79 Å². The number of amides is 1. The van der Waals surface area contributed by atoms with Crippen molar-refractivity contribution in [1.82, 2.24) is 5.32 Å². The highest BCUT2D eigenvalue weighted by atomic mass is 16.6. The Hall–Kier alpha value is -2.55. The molecule has 1 unspecified atom stereocenters. The van der Waals surface area contributed by atoms with Gasteiger partial charge in [-0.1, -0.05) is 6.07 Å². The van der Waals surface area contributed by atoms with Crippen molar-refractivity contribution in [2.45, 2.75) is 57.6 Å². The number of carbonyl (C=O) groups excluding carboxylic acids is 2. The molecular weight excluding hydrogens is 332 g/mol. The second-order valence-electron chi connectivity index (χ2n) is 8.19. The number of alkyl carbamates (subject to hydrolysis) is 1. The normalized spacial score (nSPS) is 19.8. The van der Waals surface area contributed by atoms with Gasteiger partial charge in [0.1, 0.15) is 30.3 Å². The smallest absolute Gasteiger partial charge is 0.408 e. The minimum Gasteiger partial charge on any atom is -0.490 e. The highest BCUT2D eigenvalue weighted by Gasteiger charge is 2.46. The van der Waals surface area contributed by atoms with Gasteiger partial charge in [0.05, 0.1) is 11.1 Å². The van der Waals surface area contributed by atoms with Crippen LogP contribution < -0.4 is 10.1 Å². The van der Waals surface area contributed by atoms with Crippen molar-refractivity contribution in [3.63, 3.8) is 0 Å². The Labute approximate surface area is 153 Å². The molecule has 1 aromatic carbocycles. The SMILES string of the molecule is CC(C)(C)OC(=O)NC1(COc2ccc3c(c2C#N)CC(C=O)C3)CC1. The predicted molar refractivity (Wildman–Crippen MR) is 94.9 cm³/mol. The van der Waals surface area contributed by atoms with Gasteiger partial charge in [0.15, 0.2) is 0 Å². The quantitative estimate of drug-likeness (QED) is 0.820. The summed E-state index contributed by atoms with van der Waals surface area (Å²) in [6, 6.07) is 5.93. The van der Waals surface area contributed by atoms with Gasteiger partial charge in [0, 0.05) is 5.92 Å². The third kappa shape index (κ3) is 3.98. The molecular formula is C20H24N2O4. The van der Waals surface area contributed by atoms with Crippen LogP contribution in [-0.4, -0.2) is 30.1 Å². The van der Waals surface area contributed by atoms with E-state index in [0.29, 0.717) is 24.2 Å². The number of hydrogen-bond donors (Lipinski definition) is 1. The van der Waals surface area contributed by atoms with Gasteiger partial charge in [0.25, 0.3) is 0 Å². The molecule has 0 heterocycles. The van der Waals surface area contributed by atoms with E-state index in [1.807, 2.05) is 26.8 Å². The molecule has 0 radical (unpaired) electrons.